The summed E-state index contributed by atoms with van der Waals surface area (Å²) >= 11 is 0. The van der Waals surface area contributed by atoms with Gasteiger partial charge in [0.15, 0.2) is 0 Å². The Morgan fingerprint density at radius 2 is 1.64 bits per heavy atom. The quantitative estimate of drug-likeness (QED) is 0.581. The molecule has 0 radical (unpaired) electrons. The van der Waals surface area contributed by atoms with Crippen molar-refractivity contribution >= 4 is 0 Å². The molecule has 0 aliphatic carbocycles. The van der Waals surface area contributed by atoms with E-state index < -0.39 is 0 Å². The summed E-state index contributed by atoms with van der Waals surface area (Å²) in [6.45, 7) is 8.76. The Kier molecular flexibility index (Phi) is 2.12. The molecule has 0 saturated heterocycles. The Bertz CT molecular complexity index is 168. The van der Waals surface area contributed by atoms with Gasteiger partial charge in [-0.3, -0.25) is 0 Å². The minimum Gasteiger partial charge on any atom is -0.178 e. The normalized spacial score (nSPS) is 20.5. The molecule has 1 rings (SSSR count). The Hall–Kier alpha value is -0.660. The van der Waals surface area contributed by atoms with Gasteiger partial charge >= 0.3 is 0 Å². The molecule has 0 saturated carbocycles. The highest BCUT2D eigenvalue weighted by molar-refractivity contribution is 5.13. The van der Waals surface area contributed by atoms with Crippen molar-refractivity contribution in [2.75, 3.05) is 0 Å². The molecule has 0 atom stereocenters. The van der Waals surface area contributed by atoms with Gasteiger partial charge in [0.05, 0.1) is 0 Å². The van der Waals surface area contributed by atoms with Gasteiger partial charge in [0.25, 0.3) is 0 Å². The summed E-state index contributed by atoms with van der Waals surface area (Å²) in [6, 6.07) is 0. The van der Waals surface area contributed by atoms with Crippen LogP contribution in [0.15, 0.2) is 22.5 Å². The van der Waals surface area contributed by atoms with Gasteiger partial charge in [-0.1, -0.05) is 27.7 Å². The van der Waals surface area contributed by atoms with Crippen molar-refractivity contribution in [2.45, 2.75) is 33.2 Å². The molecule has 11 heavy (non-hydrogen) atoms. The van der Waals surface area contributed by atoms with Gasteiger partial charge < -0.3 is 0 Å². The summed E-state index contributed by atoms with van der Waals surface area (Å²) < 4.78 is 0. The van der Waals surface area contributed by atoms with Crippen molar-refractivity contribution in [1.82, 2.24) is 0 Å². The third kappa shape index (κ3) is 1.22. The first-order chi connectivity index (χ1) is 5.09. The SMILES string of the molecule is CC(C)C1(C(C)C)C=CN=N1. The van der Waals surface area contributed by atoms with Gasteiger partial charge in [-0.2, -0.15) is 10.2 Å². The second-order valence-corrected chi connectivity index (χ2v) is 3.73. The number of azo groups is 1. The number of hydrogen-bond donors (Lipinski definition) is 0. The lowest BCUT2D eigenvalue weighted by atomic mass is 9.78. The van der Waals surface area contributed by atoms with Gasteiger partial charge in [-0.25, -0.2) is 0 Å². The van der Waals surface area contributed by atoms with Gasteiger partial charge in [-0.05, 0) is 17.9 Å². The van der Waals surface area contributed by atoms with Crippen LogP contribution >= 0.6 is 0 Å². The zero-order valence-corrected chi connectivity index (χ0v) is 7.70. The number of rotatable bonds is 2. The molecule has 0 fully saturated rings. The first-order valence-corrected chi connectivity index (χ1v) is 4.19. The molecule has 0 spiro atoms. The maximum Gasteiger partial charge on any atom is 0.106 e. The fraction of sp³-hybridized carbons (Fsp3) is 0.778. The Balaban J connectivity index is 2.90. The van der Waals surface area contributed by atoms with Crippen molar-refractivity contribution in [1.29, 1.82) is 0 Å². The molecule has 2 nitrogen and oxygen atoms in total. The molecule has 0 aromatic carbocycles. The van der Waals surface area contributed by atoms with Crippen LogP contribution in [0.4, 0.5) is 0 Å². The van der Waals surface area contributed by atoms with E-state index in [9.17, 15) is 0 Å². The van der Waals surface area contributed by atoms with Crippen LogP contribution in [-0.2, 0) is 0 Å². The molecule has 0 unspecified atom stereocenters. The van der Waals surface area contributed by atoms with Crippen LogP contribution in [0.5, 0.6) is 0 Å². The molecule has 1 aliphatic heterocycles. The average Bonchev–Trinajstić information content (AvgIpc) is 2.34. The van der Waals surface area contributed by atoms with E-state index in [1.165, 1.54) is 0 Å². The summed E-state index contributed by atoms with van der Waals surface area (Å²) in [5, 5.41) is 8.20. The second kappa shape index (κ2) is 2.76. The molecule has 0 bridgehead atoms. The lowest BCUT2D eigenvalue weighted by Gasteiger charge is -2.30. The zero-order valence-electron chi connectivity index (χ0n) is 7.70. The van der Waals surface area contributed by atoms with E-state index >= 15 is 0 Å². The largest absolute Gasteiger partial charge is 0.178 e. The Morgan fingerprint density at radius 3 is 1.82 bits per heavy atom. The molecule has 62 valence electrons. The van der Waals surface area contributed by atoms with Gasteiger partial charge in [0.2, 0.25) is 0 Å². The van der Waals surface area contributed by atoms with E-state index in [4.69, 9.17) is 0 Å². The lowest BCUT2D eigenvalue weighted by Crippen LogP contribution is -2.34. The fourth-order valence-electron chi connectivity index (χ4n) is 1.60. The molecular weight excluding hydrogens is 136 g/mol. The summed E-state index contributed by atoms with van der Waals surface area (Å²) in [7, 11) is 0. The van der Waals surface area contributed by atoms with Gasteiger partial charge in [0.1, 0.15) is 5.54 Å². The second-order valence-electron chi connectivity index (χ2n) is 3.73. The van der Waals surface area contributed by atoms with E-state index in [2.05, 4.69) is 44.0 Å². The van der Waals surface area contributed by atoms with Gasteiger partial charge in [0, 0.05) is 6.20 Å². The molecule has 0 aromatic rings. The highest BCUT2D eigenvalue weighted by Gasteiger charge is 2.36. The van der Waals surface area contributed by atoms with Crippen LogP contribution in [0, 0.1) is 11.8 Å². The van der Waals surface area contributed by atoms with E-state index in [1.807, 2.05) is 0 Å². The van der Waals surface area contributed by atoms with Crippen molar-refractivity contribution in [2.24, 2.45) is 22.1 Å². The molecule has 2 heteroatoms. The standard InChI is InChI=1S/C9H16N2/c1-7(2)9(8(3)4)5-6-10-11-9/h5-8H,1-4H3. The summed E-state index contributed by atoms with van der Waals surface area (Å²) in [5.41, 5.74) is -0.0278. The highest BCUT2D eigenvalue weighted by Crippen LogP contribution is 2.35. The van der Waals surface area contributed by atoms with Crippen LogP contribution in [-0.4, -0.2) is 5.54 Å². The zero-order chi connectivity index (χ0) is 8.48. The van der Waals surface area contributed by atoms with Crippen molar-refractivity contribution in [3.05, 3.63) is 12.3 Å². The summed E-state index contributed by atoms with van der Waals surface area (Å²) in [4.78, 5) is 0. The molecule has 0 amide bonds. The predicted octanol–water partition coefficient (Wildman–Crippen LogP) is 3.02. The van der Waals surface area contributed by atoms with E-state index in [-0.39, 0.29) is 5.54 Å². The van der Waals surface area contributed by atoms with Crippen LogP contribution < -0.4 is 0 Å². The molecule has 1 aliphatic rings. The molecule has 0 aromatic heterocycles. The summed E-state index contributed by atoms with van der Waals surface area (Å²) in [5.74, 6) is 1.06. The van der Waals surface area contributed by atoms with Gasteiger partial charge in [-0.15, -0.1) is 0 Å². The lowest BCUT2D eigenvalue weighted by molar-refractivity contribution is 0.288. The highest BCUT2D eigenvalue weighted by atomic mass is 15.2. The third-order valence-corrected chi connectivity index (χ3v) is 2.49. The molecule has 1 heterocycles. The number of hydrogen-bond acceptors (Lipinski definition) is 2. The average molecular weight is 152 g/mol. The first kappa shape index (κ1) is 8.44. The third-order valence-electron chi connectivity index (χ3n) is 2.49. The van der Waals surface area contributed by atoms with Crippen molar-refractivity contribution < 1.29 is 0 Å². The molecular formula is C9H16N2. The first-order valence-electron chi connectivity index (χ1n) is 4.19. The van der Waals surface area contributed by atoms with E-state index in [0.717, 1.165) is 0 Å². The fourth-order valence-corrected chi connectivity index (χ4v) is 1.60. The van der Waals surface area contributed by atoms with Crippen LogP contribution in [0.25, 0.3) is 0 Å². The summed E-state index contributed by atoms with van der Waals surface area (Å²) in [6.07, 6.45) is 3.92. The Morgan fingerprint density at radius 1 is 1.09 bits per heavy atom. The Labute approximate surface area is 68.4 Å². The number of nitrogens with zero attached hydrogens (tertiary/aromatic N) is 2. The smallest absolute Gasteiger partial charge is 0.106 e. The minimum atomic E-state index is -0.0278. The topological polar surface area (TPSA) is 24.7 Å². The predicted molar refractivity (Wildman–Crippen MR) is 46.4 cm³/mol. The van der Waals surface area contributed by atoms with E-state index in [1.54, 1.807) is 6.20 Å². The molecule has 0 N–H and O–H groups in total. The van der Waals surface area contributed by atoms with Crippen molar-refractivity contribution in [3.8, 4) is 0 Å². The maximum absolute atomic E-state index is 4.28. The van der Waals surface area contributed by atoms with Crippen LogP contribution in [0.3, 0.4) is 0 Å². The monoisotopic (exact) mass is 152 g/mol. The van der Waals surface area contributed by atoms with Crippen molar-refractivity contribution in [3.63, 3.8) is 0 Å². The van der Waals surface area contributed by atoms with E-state index in [0.29, 0.717) is 11.8 Å². The van der Waals surface area contributed by atoms with Crippen LogP contribution in [0.2, 0.25) is 0 Å². The maximum atomic E-state index is 4.28. The minimum absolute atomic E-state index is 0.0278. The van der Waals surface area contributed by atoms with Crippen LogP contribution in [0.1, 0.15) is 27.7 Å².